The maximum atomic E-state index is 5.07. The zero-order valence-electron chi connectivity index (χ0n) is 8.51. The molecule has 0 N–H and O–H groups in total. The zero-order valence-corrected chi connectivity index (χ0v) is 10.9. The van der Waals surface area contributed by atoms with E-state index in [4.69, 9.17) is 25.1 Å². The summed E-state index contributed by atoms with van der Waals surface area (Å²) in [6, 6.07) is 0. The van der Waals surface area contributed by atoms with Crippen molar-refractivity contribution in [1.29, 1.82) is 0 Å². The Hall–Kier alpha value is 0.894. The first-order valence-electron chi connectivity index (χ1n) is 3.46. The molecule has 0 spiro atoms. The van der Waals surface area contributed by atoms with Gasteiger partial charge in [-0.05, 0) is 0 Å². The SMILES string of the molecule is COB(OC)[O][Ti][O]B(OC)OC.Cl. The molecule has 0 heterocycles. The fourth-order valence-corrected chi connectivity index (χ4v) is 1.42. The smallest absolute Gasteiger partial charge is 0.147 e. The summed E-state index contributed by atoms with van der Waals surface area (Å²) in [6.07, 6.45) is 0. The van der Waals surface area contributed by atoms with Crippen molar-refractivity contribution in [2.24, 2.45) is 0 Å². The van der Waals surface area contributed by atoms with Gasteiger partial charge in [-0.3, -0.25) is 0 Å². The summed E-state index contributed by atoms with van der Waals surface area (Å²) in [4.78, 5) is 0. The molecule has 0 saturated carbocycles. The Bertz CT molecular complexity index is 104. The van der Waals surface area contributed by atoms with Crippen molar-refractivity contribution >= 4 is 27.0 Å². The summed E-state index contributed by atoms with van der Waals surface area (Å²) in [6.45, 7) is 0. The van der Waals surface area contributed by atoms with Gasteiger partial charge < -0.3 is 0 Å². The van der Waals surface area contributed by atoms with Gasteiger partial charge >= 0.3 is 88.1 Å². The molecule has 0 aromatic carbocycles. The number of rotatable bonds is 8. The van der Waals surface area contributed by atoms with Crippen LogP contribution in [0.4, 0.5) is 0 Å². The van der Waals surface area contributed by atoms with E-state index in [-0.39, 0.29) is 12.4 Å². The Labute approximate surface area is 101 Å². The van der Waals surface area contributed by atoms with Gasteiger partial charge in [0, 0.05) is 0 Å². The molecule has 0 aliphatic heterocycles. The molecule has 0 amide bonds. The molecule has 14 heavy (non-hydrogen) atoms. The maximum absolute atomic E-state index is 5.07. The molecular formula is C4H13B2ClO6Ti. The molecule has 10 heteroatoms. The van der Waals surface area contributed by atoms with Gasteiger partial charge in [0.1, 0.15) is 0 Å². The van der Waals surface area contributed by atoms with Gasteiger partial charge in [0.15, 0.2) is 0 Å². The number of halogens is 1. The summed E-state index contributed by atoms with van der Waals surface area (Å²) < 4.78 is 29.2. The summed E-state index contributed by atoms with van der Waals surface area (Å²) in [5.74, 6) is 0. The third kappa shape index (κ3) is 8.22. The predicted molar refractivity (Wildman–Crippen MR) is 49.0 cm³/mol. The molecule has 0 aliphatic rings. The zero-order chi connectivity index (χ0) is 10.1. The van der Waals surface area contributed by atoms with Gasteiger partial charge in [0.05, 0.1) is 0 Å². The normalized spacial score (nSPS) is 9.14. The fourth-order valence-electron chi connectivity index (χ4n) is 0.491. The molecule has 82 valence electrons. The molecular weight excluding hydrogens is 249 g/mol. The van der Waals surface area contributed by atoms with Crippen molar-refractivity contribution in [3.05, 3.63) is 0 Å². The van der Waals surface area contributed by atoms with Crippen molar-refractivity contribution in [2.75, 3.05) is 28.4 Å². The van der Waals surface area contributed by atoms with Crippen LogP contribution < -0.4 is 0 Å². The first-order valence-corrected chi connectivity index (χ1v) is 4.73. The van der Waals surface area contributed by atoms with Crippen molar-refractivity contribution in [2.45, 2.75) is 0 Å². The second-order valence-electron chi connectivity index (χ2n) is 1.84. The van der Waals surface area contributed by atoms with Crippen LogP contribution in [-0.4, -0.2) is 43.1 Å². The van der Waals surface area contributed by atoms with E-state index in [2.05, 4.69) is 0 Å². The van der Waals surface area contributed by atoms with Crippen LogP contribution in [0.15, 0.2) is 0 Å². The van der Waals surface area contributed by atoms with Gasteiger partial charge in [-0.15, -0.1) is 12.4 Å². The third-order valence-corrected chi connectivity index (χ3v) is 1.96. The van der Waals surface area contributed by atoms with E-state index in [1.54, 1.807) is 0 Å². The van der Waals surface area contributed by atoms with Crippen LogP contribution in [0.2, 0.25) is 0 Å². The molecule has 0 bridgehead atoms. The maximum Gasteiger partial charge on any atom is -0.147 e. The Morgan fingerprint density at radius 3 is 1.21 bits per heavy atom. The van der Waals surface area contributed by atoms with Crippen LogP contribution in [0.1, 0.15) is 0 Å². The van der Waals surface area contributed by atoms with Crippen LogP contribution in [0.3, 0.4) is 0 Å². The first kappa shape index (κ1) is 17.3. The van der Waals surface area contributed by atoms with Crippen LogP contribution in [0.25, 0.3) is 0 Å². The molecule has 0 unspecified atom stereocenters. The standard InChI is InChI=1S/2C2H6BO3.ClH.Ti/c2*1-5-3(4)6-2;;/h2*1-2H3;1H;/q2*-1;;+2. The summed E-state index contributed by atoms with van der Waals surface area (Å²) in [5, 5.41) is 0. The average molecular weight is 262 g/mol. The molecule has 0 radical (unpaired) electrons. The van der Waals surface area contributed by atoms with Gasteiger partial charge in [-0.25, -0.2) is 0 Å². The fraction of sp³-hybridized carbons (Fsp3) is 1.00. The third-order valence-electron chi connectivity index (χ3n) is 1.06. The molecule has 0 rings (SSSR count). The average Bonchev–Trinajstić information content (AvgIpc) is 2.19. The van der Waals surface area contributed by atoms with Gasteiger partial charge in [0.2, 0.25) is 0 Å². The Kier molecular flexibility index (Phi) is 14.8. The van der Waals surface area contributed by atoms with Crippen LogP contribution in [0.5, 0.6) is 0 Å². The summed E-state index contributed by atoms with van der Waals surface area (Å²) in [5.41, 5.74) is 0. The van der Waals surface area contributed by atoms with Crippen molar-refractivity contribution in [3.63, 3.8) is 0 Å². The van der Waals surface area contributed by atoms with E-state index in [1.165, 1.54) is 28.4 Å². The molecule has 0 saturated heterocycles. The van der Waals surface area contributed by atoms with Crippen molar-refractivity contribution in [3.8, 4) is 0 Å². The molecule has 0 fully saturated rings. The second kappa shape index (κ2) is 12.0. The minimum Gasteiger partial charge on any atom is -0.147 e. The Morgan fingerprint density at radius 1 is 0.714 bits per heavy atom. The number of hydrogen-bond acceptors (Lipinski definition) is 6. The van der Waals surface area contributed by atoms with E-state index in [0.717, 1.165) is 0 Å². The number of hydrogen-bond donors (Lipinski definition) is 0. The van der Waals surface area contributed by atoms with Crippen molar-refractivity contribution < 1.29 is 45.0 Å². The largest absolute Gasteiger partial charge is 0.147 e. The quantitative estimate of drug-likeness (QED) is 0.570. The Balaban J connectivity index is 0. The minimum absolute atomic E-state index is 0. The summed E-state index contributed by atoms with van der Waals surface area (Å²) >= 11 is -1.11. The van der Waals surface area contributed by atoms with E-state index >= 15 is 0 Å². The van der Waals surface area contributed by atoms with Crippen LogP contribution >= 0.6 is 12.4 Å². The molecule has 6 nitrogen and oxygen atoms in total. The monoisotopic (exact) mass is 262 g/mol. The van der Waals surface area contributed by atoms with E-state index < -0.39 is 34.6 Å². The molecule has 0 atom stereocenters. The predicted octanol–water partition coefficient (Wildman–Crippen LogP) is -0.0907. The van der Waals surface area contributed by atoms with E-state index in [9.17, 15) is 0 Å². The molecule has 0 aliphatic carbocycles. The Morgan fingerprint density at radius 2 is 1.00 bits per heavy atom. The van der Waals surface area contributed by atoms with Gasteiger partial charge in [-0.1, -0.05) is 0 Å². The first-order chi connectivity index (χ1) is 6.28. The van der Waals surface area contributed by atoms with Crippen LogP contribution in [0, 0.1) is 0 Å². The van der Waals surface area contributed by atoms with E-state index in [0.29, 0.717) is 0 Å². The van der Waals surface area contributed by atoms with Gasteiger partial charge in [-0.2, -0.15) is 0 Å². The van der Waals surface area contributed by atoms with Gasteiger partial charge in [0.25, 0.3) is 0 Å². The molecule has 0 aromatic heterocycles. The minimum atomic E-state index is -1.11. The van der Waals surface area contributed by atoms with Crippen LogP contribution in [-0.2, 0) is 45.0 Å². The molecule has 0 aromatic rings. The van der Waals surface area contributed by atoms with Crippen molar-refractivity contribution in [1.82, 2.24) is 0 Å². The van der Waals surface area contributed by atoms with E-state index in [1.807, 2.05) is 0 Å². The summed E-state index contributed by atoms with van der Waals surface area (Å²) in [7, 11) is 4.54. The topological polar surface area (TPSA) is 55.4 Å². The second-order valence-corrected chi connectivity index (χ2v) is 2.84.